The molecule has 0 bridgehead atoms. The molecule has 2 heterocycles. The molecule has 1 atom stereocenters. The van der Waals surface area contributed by atoms with Crippen LogP contribution in [0.5, 0.6) is 0 Å². The second kappa shape index (κ2) is 7.04. The Morgan fingerprint density at radius 3 is 2.95 bits per heavy atom. The number of nitrogens with zero attached hydrogens (tertiary/aromatic N) is 2. The predicted molar refractivity (Wildman–Crippen MR) is 83.1 cm³/mol. The summed E-state index contributed by atoms with van der Waals surface area (Å²) in [6, 6.07) is 2.16. The van der Waals surface area contributed by atoms with Crippen molar-refractivity contribution in [3.05, 3.63) is 23.0 Å². The van der Waals surface area contributed by atoms with E-state index in [4.69, 9.17) is 10.5 Å². The number of ether oxygens (including phenoxy) is 1. The summed E-state index contributed by atoms with van der Waals surface area (Å²) in [5.41, 5.74) is 10.5. The number of rotatable bonds is 5. The van der Waals surface area contributed by atoms with Crippen LogP contribution in [0.25, 0.3) is 0 Å². The average molecular weight is 277 g/mol. The fourth-order valence-electron chi connectivity index (χ4n) is 2.95. The summed E-state index contributed by atoms with van der Waals surface area (Å²) in [4.78, 5) is 6.95. The van der Waals surface area contributed by atoms with Crippen LogP contribution in [0.4, 0.5) is 5.69 Å². The highest BCUT2D eigenvalue weighted by Crippen LogP contribution is 2.27. The van der Waals surface area contributed by atoms with Gasteiger partial charge in [0.05, 0.1) is 6.10 Å². The molecular formula is C16H27N3O. The van der Waals surface area contributed by atoms with Crippen molar-refractivity contribution in [2.45, 2.75) is 52.7 Å². The lowest BCUT2D eigenvalue weighted by Gasteiger charge is -2.35. The summed E-state index contributed by atoms with van der Waals surface area (Å²) in [7, 11) is 0. The Hall–Kier alpha value is -1.13. The number of hydrogen-bond acceptors (Lipinski definition) is 4. The maximum absolute atomic E-state index is 5.93. The summed E-state index contributed by atoms with van der Waals surface area (Å²) in [5.74, 6) is 0. The van der Waals surface area contributed by atoms with Crippen molar-refractivity contribution in [3.63, 3.8) is 0 Å². The number of pyridine rings is 1. The first-order valence-electron chi connectivity index (χ1n) is 7.69. The molecule has 0 spiro atoms. The largest absolute Gasteiger partial charge is 0.376 e. The molecule has 1 aromatic rings. The van der Waals surface area contributed by atoms with Crippen LogP contribution in [-0.4, -0.2) is 30.8 Å². The Labute approximate surface area is 122 Å². The molecule has 1 fully saturated rings. The van der Waals surface area contributed by atoms with Gasteiger partial charge in [-0.05, 0) is 39.2 Å². The van der Waals surface area contributed by atoms with Gasteiger partial charge in [0, 0.05) is 48.9 Å². The minimum atomic E-state index is 0.350. The van der Waals surface area contributed by atoms with E-state index in [1.807, 2.05) is 13.8 Å². The molecule has 2 rings (SSSR count). The molecule has 4 heteroatoms. The molecule has 0 amide bonds. The minimum Gasteiger partial charge on any atom is -0.376 e. The topological polar surface area (TPSA) is 51.4 Å². The van der Waals surface area contributed by atoms with E-state index in [0.717, 1.165) is 43.9 Å². The Balaban J connectivity index is 2.18. The first-order chi connectivity index (χ1) is 9.65. The minimum absolute atomic E-state index is 0.350. The van der Waals surface area contributed by atoms with Crippen LogP contribution < -0.4 is 10.6 Å². The number of piperidine rings is 1. The summed E-state index contributed by atoms with van der Waals surface area (Å²) >= 11 is 0. The van der Waals surface area contributed by atoms with E-state index in [2.05, 4.69) is 22.9 Å². The molecule has 0 radical (unpaired) electrons. The zero-order chi connectivity index (χ0) is 14.5. The molecule has 1 unspecified atom stereocenters. The number of hydrogen-bond donors (Lipinski definition) is 1. The third-order valence-electron chi connectivity index (χ3n) is 3.92. The number of anilines is 1. The van der Waals surface area contributed by atoms with Gasteiger partial charge in [-0.2, -0.15) is 0 Å². The number of nitrogens with two attached hydrogens (primary N) is 1. The van der Waals surface area contributed by atoms with Crippen molar-refractivity contribution in [2.24, 2.45) is 5.73 Å². The highest BCUT2D eigenvalue weighted by molar-refractivity contribution is 5.56. The monoisotopic (exact) mass is 277 g/mol. The molecule has 1 aromatic heterocycles. The van der Waals surface area contributed by atoms with Crippen LogP contribution in [-0.2, 0) is 11.3 Å². The van der Waals surface area contributed by atoms with Gasteiger partial charge in [-0.3, -0.25) is 4.98 Å². The molecule has 20 heavy (non-hydrogen) atoms. The lowest BCUT2D eigenvalue weighted by Crippen LogP contribution is -2.40. The number of aromatic nitrogens is 1. The maximum atomic E-state index is 5.93. The van der Waals surface area contributed by atoms with Gasteiger partial charge in [0.25, 0.3) is 0 Å². The molecule has 1 aliphatic rings. The standard InChI is InChI=1S/C16H27N3O/c1-4-8-20-14-6-5-7-19(11-14)16-9-12(2)18-13(3)15(16)10-17/h9,14H,4-8,10-11,17H2,1-3H3. The first kappa shape index (κ1) is 15.3. The third kappa shape index (κ3) is 3.49. The normalized spacial score (nSPS) is 19.4. The highest BCUT2D eigenvalue weighted by Gasteiger charge is 2.23. The SMILES string of the molecule is CCCOC1CCCN(c2cc(C)nc(C)c2CN)C1. The van der Waals surface area contributed by atoms with Crippen molar-refractivity contribution in [2.75, 3.05) is 24.6 Å². The van der Waals surface area contributed by atoms with Crippen molar-refractivity contribution in [1.29, 1.82) is 0 Å². The van der Waals surface area contributed by atoms with Crippen LogP contribution >= 0.6 is 0 Å². The molecular weight excluding hydrogens is 250 g/mol. The molecule has 0 saturated carbocycles. The van der Waals surface area contributed by atoms with Crippen molar-refractivity contribution in [1.82, 2.24) is 4.98 Å². The van der Waals surface area contributed by atoms with Gasteiger partial charge >= 0.3 is 0 Å². The number of aryl methyl sites for hydroxylation is 2. The summed E-state index contributed by atoms with van der Waals surface area (Å²) < 4.78 is 5.93. The quantitative estimate of drug-likeness (QED) is 0.898. The van der Waals surface area contributed by atoms with Gasteiger partial charge in [0.15, 0.2) is 0 Å². The Bertz CT molecular complexity index is 448. The molecule has 2 N–H and O–H groups in total. The third-order valence-corrected chi connectivity index (χ3v) is 3.92. The predicted octanol–water partition coefficient (Wildman–Crippen LogP) is 2.55. The highest BCUT2D eigenvalue weighted by atomic mass is 16.5. The molecule has 0 aliphatic carbocycles. The second-order valence-electron chi connectivity index (χ2n) is 5.63. The Kier molecular flexibility index (Phi) is 5.38. The van der Waals surface area contributed by atoms with E-state index in [1.165, 1.54) is 17.7 Å². The molecule has 1 saturated heterocycles. The first-order valence-corrected chi connectivity index (χ1v) is 7.69. The van der Waals surface area contributed by atoms with E-state index in [9.17, 15) is 0 Å². The van der Waals surface area contributed by atoms with Gasteiger partial charge < -0.3 is 15.4 Å². The second-order valence-corrected chi connectivity index (χ2v) is 5.63. The van der Waals surface area contributed by atoms with E-state index in [0.29, 0.717) is 12.6 Å². The Morgan fingerprint density at radius 1 is 1.45 bits per heavy atom. The van der Waals surface area contributed by atoms with Gasteiger partial charge in [-0.25, -0.2) is 0 Å². The lowest BCUT2D eigenvalue weighted by molar-refractivity contribution is 0.0440. The lowest BCUT2D eigenvalue weighted by atomic mass is 10.0. The van der Waals surface area contributed by atoms with E-state index >= 15 is 0 Å². The van der Waals surface area contributed by atoms with Gasteiger partial charge in [0.1, 0.15) is 0 Å². The van der Waals surface area contributed by atoms with Crippen molar-refractivity contribution >= 4 is 5.69 Å². The van der Waals surface area contributed by atoms with Crippen LogP contribution in [0, 0.1) is 13.8 Å². The molecule has 4 nitrogen and oxygen atoms in total. The van der Waals surface area contributed by atoms with Crippen LogP contribution in [0.1, 0.15) is 43.1 Å². The van der Waals surface area contributed by atoms with Gasteiger partial charge in [0.2, 0.25) is 0 Å². The zero-order valence-corrected chi connectivity index (χ0v) is 13.0. The van der Waals surface area contributed by atoms with Crippen LogP contribution in [0.2, 0.25) is 0 Å². The fourth-order valence-corrected chi connectivity index (χ4v) is 2.95. The molecule has 112 valence electrons. The summed E-state index contributed by atoms with van der Waals surface area (Å²) in [5, 5.41) is 0. The van der Waals surface area contributed by atoms with E-state index < -0.39 is 0 Å². The Morgan fingerprint density at radius 2 is 2.25 bits per heavy atom. The maximum Gasteiger partial charge on any atom is 0.0750 e. The van der Waals surface area contributed by atoms with Gasteiger partial charge in [-0.1, -0.05) is 6.92 Å². The van der Waals surface area contributed by atoms with Crippen molar-refractivity contribution < 1.29 is 4.74 Å². The van der Waals surface area contributed by atoms with E-state index in [-0.39, 0.29) is 0 Å². The fraction of sp³-hybridized carbons (Fsp3) is 0.688. The summed E-state index contributed by atoms with van der Waals surface area (Å²) in [6.45, 7) is 9.71. The van der Waals surface area contributed by atoms with Crippen LogP contribution in [0.15, 0.2) is 6.07 Å². The average Bonchev–Trinajstić information content (AvgIpc) is 2.44. The zero-order valence-electron chi connectivity index (χ0n) is 13.0. The summed E-state index contributed by atoms with van der Waals surface area (Å²) in [6.07, 6.45) is 3.78. The van der Waals surface area contributed by atoms with Crippen LogP contribution in [0.3, 0.4) is 0 Å². The molecule has 0 aromatic carbocycles. The molecule has 1 aliphatic heterocycles. The van der Waals surface area contributed by atoms with Crippen molar-refractivity contribution in [3.8, 4) is 0 Å². The van der Waals surface area contributed by atoms with Gasteiger partial charge in [-0.15, -0.1) is 0 Å². The smallest absolute Gasteiger partial charge is 0.0750 e. The van der Waals surface area contributed by atoms with E-state index in [1.54, 1.807) is 0 Å².